The number of rotatable bonds is 4. The van der Waals surface area contributed by atoms with E-state index in [9.17, 15) is 9.59 Å². The number of hydrogen-bond donors (Lipinski definition) is 2. The maximum atomic E-state index is 12.9. The highest BCUT2D eigenvalue weighted by Crippen LogP contribution is 2.35. The number of carbonyl (C=O) groups is 1. The van der Waals surface area contributed by atoms with Gasteiger partial charge >= 0.3 is 0 Å². The van der Waals surface area contributed by atoms with Crippen LogP contribution in [0.25, 0.3) is 22.3 Å². The van der Waals surface area contributed by atoms with Gasteiger partial charge in [-0.3, -0.25) is 14.6 Å². The smallest absolute Gasteiger partial charge is 0.268 e. The lowest BCUT2D eigenvalue weighted by Gasteiger charge is -2.09. The molecule has 0 aliphatic rings. The van der Waals surface area contributed by atoms with Crippen LogP contribution in [0.4, 0.5) is 5.69 Å². The van der Waals surface area contributed by atoms with Gasteiger partial charge in [-0.2, -0.15) is 0 Å². The van der Waals surface area contributed by atoms with Crippen molar-refractivity contribution in [3.05, 3.63) is 68.9 Å². The van der Waals surface area contributed by atoms with Gasteiger partial charge in [-0.15, -0.1) is 0 Å². The number of ether oxygens (including phenoxy) is 1. The van der Waals surface area contributed by atoms with Gasteiger partial charge in [0.25, 0.3) is 17.3 Å². The Bertz CT molecular complexity index is 1280. The van der Waals surface area contributed by atoms with E-state index in [0.717, 1.165) is 5.56 Å². The SMILES string of the molecule is COc1ncc(C(=O)Nc2c(Cl)c[nH]c(=O)c2Cl)c2cc(-c3cccnc3)oc12. The molecular weight excluding hydrogens is 419 g/mol. The first-order chi connectivity index (χ1) is 14.0. The van der Waals surface area contributed by atoms with Crippen LogP contribution in [0.3, 0.4) is 0 Å². The minimum Gasteiger partial charge on any atom is -0.478 e. The third-order valence-electron chi connectivity index (χ3n) is 4.14. The molecule has 2 N–H and O–H groups in total. The second-order valence-electron chi connectivity index (χ2n) is 5.89. The van der Waals surface area contributed by atoms with Gasteiger partial charge in [0, 0.05) is 35.7 Å². The fraction of sp³-hybridized carbons (Fsp3) is 0.0526. The van der Waals surface area contributed by atoms with Gasteiger partial charge in [0.05, 0.1) is 23.4 Å². The summed E-state index contributed by atoms with van der Waals surface area (Å²) in [6.07, 6.45) is 5.86. The van der Waals surface area contributed by atoms with Crippen molar-refractivity contribution in [1.82, 2.24) is 15.0 Å². The number of amides is 1. The van der Waals surface area contributed by atoms with E-state index in [1.165, 1.54) is 19.5 Å². The second kappa shape index (κ2) is 7.57. The van der Waals surface area contributed by atoms with Crippen LogP contribution < -0.4 is 15.6 Å². The number of H-pyrrole nitrogens is 1. The van der Waals surface area contributed by atoms with Crippen LogP contribution in [0, 0.1) is 0 Å². The summed E-state index contributed by atoms with van der Waals surface area (Å²) in [6, 6.07) is 5.27. The Morgan fingerprint density at radius 2 is 2.14 bits per heavy atom. The van der Waals surface area contributed by atoms with Crippen LogP contribution in [0.1, 0.15) is 10.4 Å². The third kappa shape index (κ3) is 3.43. The normalized spacial score (nSPS) is 10.9. The van der Waals surface area contributed by atoms with Crippen molar-refractivity contribution in [2.75, 3.05) is 12.4 Å². The fourth-order valence-electron chi connectivity index (χ4n) is 2.76. The molecule has 10 heteroatoms. The van der Waals surface area contributed by atoms with Crippen molar-refractivity contribution >= 4 is 45.8 Å². The maximum Gasteiger partial charge on any atom is 0.268 e. The van der Waals surface area contributed by atoms with E-state index < -0.39 is 11.5 Å². The molecule has 29 heavy (non-hydrogen) atoms. The molecule has 0 spiro atoms. The Labute approximate surface area is 173 Å². The summed E-state index contributed by atoms with van der Waals surface area (Å²) in [6.45, 7) is 0. The Morgan fingerprint density at radius 1 is 1.31 bits per heavy atom. The molecule has 0 saturated carbocycles. The Morgan fingerprint density at radius 3 is 2.86 bits per heavy atom. The molecule has 1 amide bonds. The first-order valence-electron chi connectivity index (χ1n) is 8.24. The van der Waals surface area contributed by atoms with E-state index in [1.54, 1.807) is 24.5 Å². The number of hydrogen-bond acceptors (Lipinski definition) is 6. The summed E-state index contributed by atoms with van der Waals surface area (Å²) >= 11 is 12.0. The van der Waals surface area contributed by atoms with Gasteiger partial charge in [0.1, 0.15) is 10.8 Å². The van der Waals surface area contributed by atoms with Gasteiger partial charge < -0.3 is 19.5 Å². The van der Waals surface area contributed by atoms with Crippen LogP contribution >= 0.6 is 23.2 Å². The molecular formula is C19H12Cl2N4O4. The molecule has 4 aromatic rings. The molecule has 4 heterocycles. The number of carbonyl (C=O) groups excluding carboxylic acids is 1. The molecule has 8 nitrogen and oxygen atoms in total. The molecule has 0 unspecified atom stereocenters. The molecule has 4 rings (SSSR count). The maximum absolute atomic E-state index is 12.9. The Kier molecular flexibility index (Phi) is 4.96. The average molecular weight is 431 g/mol. The van der Waals surface area contributed by atoms with Crippen molar-refractivity contribution in [2.45, 2.75) is 0 Å². The van der Waals surface area contributed by atoms with E-state index in [1.807, 2.05) is 6.07 Å². The number of halogens is 2. The zero-order valence-corrected chi connectivity index (χ0v) is 16.3. The largest absolute Gasteiger partial charge is 0.478 e. The number of nitrogens with zero attached hydrogens (tertiary/aromatic N) is 2. The lowest BCUT2D eigenvalue weighted by atomic mass is 10.1. The van der Waals surface area contributed by atoms with Gasteiger partial charge in [-0.05, 0) is 18.2 Å². The van der Waals surface area contributed by atoms with E-state index in [0.29, 0.717) is 16.7 Å². The van der Waals surface area contributed by atoms with Crippen molar-refractivity contribution in [2.24, 2.45) is 0 Å². The van der Waals surface area contributed by atoms with Gasteiger partial charge in [0.2, 0.25) is 0 Å². The zero-order valence-electron chi connectivity index (χ0n) is 14.8. The predicted molar refractivity (Wildman–Crippen MR) is 109 cm³/mol. The lowest BCUT2D eigenvalue weighted by molar-refractivity contribution is 0.102. The van der Waals surface area contributed by atoms with E-state index in [4.69, 9.17) is 32.4 Å². The summed E-state index contributed by atoms with van der Waals surface area (Å²) in [5.41, 5.74) is 0.626. The van der Waals surface area contributed by atoms with Crippen LogP contribution in [0.5, 0.6) is 5.88 Å². The highest BCUT2D eigenvalue weighted by molar-refractivity contribution is 6.39. The van der Waals surface area contributed by atoms with E-state index in [-0.39, 0.29) is 27.2 Å². The van der Waals surface area contributed by atoms with Crippen molar-refractivity contribution < 1.29 is 13.9 Å². The standard InChI is InChI=1S/C19H12Cl2N4O4/c1-28-19-16-10(5-13(29-16)9-3-2-4-22-6-9)11(7-24-19)17(26)25-15-12(20)8-23-18(27)14(15)21/h2-8H,1H3,(H2,23,25,26,27). The first kappa shape index (κ1) is 19.0. The summed E-state index contributed by atoms with van der Waals surface area (Å²) in [5.74, 6) is 0.137. The lowest BCUT2D eigenvalue weighted by Crippen LogP contribution is -2.17. The molecule has 146 valence electrons. The third-order valence-corrected chi connectivity index (χ3v) is 4.80. The van der Waals surface area contributed by atoms with Crippen LogP contribution in [0.2, 0.25) is 10.0 Å². The monoisotopic (exact) mass is 430 g/mol. The molecule has 0 aliphatic carbocycles. The van der Waals surface area contributed by atoms with Crippen LogP contribution in [-0.2, 0) is 0 Å². The van der Waals surface area contributed by atoms with Crippen molar-refractivity contribution in [3.8, 4) is 17.2 Å². The topological polar surface area (TPSA) is 110 Å². The van der Waals surface area contributed by atoms with Crippen LogP contribution in [0.15, 0.2) is 52.2 Å². The number of nitrogens with one attached hydrogen (secondary N) is 2. The summed E-state index contributed by atoms with van der Waals surface area (Å²) < 4.78 is 11.1. The van der Waals surface area contributed by atoms with Crippen LogP contribution in [-0.4, -0.2) is 28.0 Å². The molecule has 0 bridgehead atoms. The minimum absolute atomic E-state index is 0.00188. The highest BCUT2D eigenvalue weighted by Gasteiger charge is 2.21. The van der Waals surface area contributed by atoms with Gasteiger partial charge in [-0.25, -0.2) is 4.98 Å². The highest BCUT2D eigenvalue weighted by atomic mass is 35.5. The number of furan rings is 1. The number of fused-ring (bicyclic) bond motifs is 1. The quantitative estimate of drug-likeness (QED) is 0.503. The van der Waals surface area contributed by atoms with Gasteiger partial charge in [-0.1, -0.05) is 23.2 Å². The number of pyridine rings is 3. The van der Waals surface area contributed by atoms with Crippen molar-refractivity contribution in [1.29, 1.82) is 0 Å². The summed E-state index contributed by atoms with van der Waals surface area (Å²) in [7, 11) is 1.45. The van der Waals surface area contributed by atoms with E-state index >= 15 is 0 Å². The molecule has 0 radical (unpaired) electrons. The Hall–Kier alpha value is -3.36. The van der Waals surface area contributed by atoms with Gasteiger partial charge in [0.15, 0.2) is 5.58 Å². The molecule has 4 aromatic heterocycles. The fourth-order valence-corrected chi connectivity index (χ4v) is 3.20. The zero-order chi connectivity index (χ0) is 20.5. The molecule has 0 aliphatic heterocycles. The number of methoxy groups -OCH3 is 1. The predicted octanol–water partition coefficient (Wildman–Crippen LogP) is 4.15. The minimum atomic E-state index is -0.577. The molecule has 0 saturated heterocycles. The van der Waals surface area contributed by atoms with E-state index in [2.05, 4.69) is 20.3 Å². The average Bonchev–Trinajstić information content (AvgIpc) is 3.19. The summed E-state index contributed by atoms with van der Waals surface area (Å²) in [5, 5.41) is 2.88. The first-order valence-corrected chi connectivity index (χ1v) is 9.00. The number of aromatic amines is 1. The molecule has 0 fully saturated rings. The Balaban J connectivity index is 1.82. The number of aromatic nitrogens is 3. The molecule has 0 aromatic carbocycles. The second-order valence-corrected chi connectivity index (χ2v) is 6.67. The molecule has 0 atom stereocenters. The van der Waals surface area contributed by atoms with Crippen molar-refractivity contribution in [3.63, 3.8) is 0 Å². The number of anilines is 1. The summed E-state index contributed by atoms with van der Waals surface area (Å²) in [4.78, 5) is 35.2.